The van der Waals surface area contributed by atoms with E-state index >= 15 is 0 Å². The molecule has 0 bridgehead atoms. The molecule has 116 valence electrons. The molecule has 0 saturated carbocycles. The minimum Gasteiger partial charge on any atom is -0.493 e. The average molecular weight is 320 g/mol. The van der Waals surface area contributed by atoms with Gasteiger partial charge in [-0.3, -0.25) is 4.79 Å². The van der Waals surface area contributed by atoms with Gasteiger partial charge in [-0.15, -0.1) is 0 Å². The predicted octanol–water partition coefficient (Wildman–Crippen LogP) is 3.55. The molecule has 0 saturated heterocycles. The zero-order valence-corrected chi connectivity index (χ0v) is 13.1. The molecule has 1 amide bonds. The number of aliphatic hydroxyl groups is 1. The van der Waals surface area contributed by atoms with Crippen molar-refractivity contribution in [3.05, 3.63) is 58.6 Å². The maximum absolute atomic E-state index is 11.9. The topological polar surface area (TPSA) is 58.6 Å². The van der Waals surface area contributed by atoms with Crippen LogP contribution >= 0.6 is 11.6 Å². The van der Waals surface area contributed by atoms with E-state index in [1.807, 2.05) is 19.1 Å². The lowest BCUT2D eigenvalue weighted by Gasteiger charge is -2.10. The van der Waals surface area contributed by atoms with E-state index in [2.05, 4.69) is 5.32 Å². The van der Waals surface area contributed by atoms with Gasteiger partial charge in [0.1, 0.15) is 5.75 Å². The number of anilines is 1. The highest BCUT2D eigenvalue weighted by Crippen LogP contribution is 2.18. The zero-order chi connectivity index (χ0) is 15.9. The highest BCUT2D eigenvalue weighted by atomic mass is 35.5. The molecule has 0 radical (unpaired) electrons. The van der Waals surface area contributed by atoms with Crippen LogP contribution in [0.2, 0.25) is 5.02 Å². The lowest BCUT2D eigenvalue weighted by Crippen LogP contribution is -2.16. The molecule has 2 rings (SSSR count). The number of halogens is 1. The third-order valence-electron chi connectivity index (χ3n) is 3.15. The van der Waals surface area contributed by atoms with Crippen molar-refractivity contribution in [1.82, 2.24) is 0 Å². The fourth-order valence-electron chi connectivity index (χ4n) is 1.93. The Morgan fingerprint density at radius 2 is 2.09 bits per heavy atom. The monoisotopic (exact) mass is 319 g/mol. The summed E-state index contributed by atoms with van der Waals surface area (Å²) in [5.41, 5.74) is 2.41. The van der Waals surface area contributed by atoms with Gasteiger partial charge in [0.05, 0.1) is 19.6 Å². The molecule has 5 heteroatoms. The van der Waals surface area contributed by atoms with Gasteiger partial charge in [0.15, 0.2) is 0 Å². The number of aliphatic hydroxyl groups excluding tert-OH is 1. The Morgan fingerprint density at radius 1 is 1.27 bits per heavy atom. The molecule has 0 spiro atoms. The molecule has 0 aliphatic heterocycles. The molecule has 2 aromatic carbocycles. The summed E-state index contributed by atoms with van der Waals surface area (Å²) in [7, 11) is 0. The van der Waals surface area contributed by atoms with Gasteiger partial charge in [0, 0.05) is 10.7 Å². The van der Waals surface area contributed by atoms with Crippen LogP contribution in [-0.2, 0) is 11.4 Å². The number of hydrogen-bond acceptors (Lipinski definition) is 3. The number of nitrogens with one attached hydrogen (secondary N) is 1. The van der Waals surface area contributed by atoms with Gasteiger partial charge in [0.25, 0.3) is 0 Å². The number of carbonyl (C=O) groups is 1. The molecule has 0 fully saturated rings. The summed E-state index contributed by atoms with van der Waals surface area (Å²) >= 11 is 5.86. The normalized spacial score (nSPS) is 10.3. The van der Waals surface area contributed by atoms with E-state index in [-0.39, 0.29) is 25.5 Å². The number of ether oxygens (including phenoxy) is 1. The molecular weight excluding hydrogens is 302 g/mol. The first-order valence-corrected chi connectivity index (χ1v) is 7.35. The van der Waals surface area contributed by atoms with Crippen LogP contribution in [0, 0.1) is 6.92 Å². The summed E-state index contributed by atoms with van der Waals surface area (Å²) in [5.74, 6) is 0.499. The van der Waals surface area contributed by atoms with Crippen LogP contribution in [0.4, 0.5) is 5.69 Å². The fourth-order valence-corrected chi connectivity index (χ4v) is 2.11. The first kappa shape index (κ1) is 16.3. The third-order valence-corrected chi connectivity index (χ3v) is 3.39. The van der Waals surface area contributed by atoms with Crippen molar-refractivity contribution < 1.29 is 14.6 Å². The Kier molecular flexibility index (Phi) is 5.81. The Balaban J connectivity index is 1.85. The summed E-state index contributed by atoms with van der Waals surface area (Å²) in [6.45, 7) is 2.12. The first-order chi connectivity index (χ1) is 10.6. The van der Waals surface area contributed by atoms with Crippen LogP contribution in [0.3, 0.4) is 0 Å². The minimum absolute atomic E-state index is 0.0545. The Hall–Kier alpha value is -2.04. The summed E-state index contributed by atoms with van der Waals surface area (Å²) in [6.07, 6.45) is 0.231. The van der Waals surface area contributed by atoms with Crippen LogP contribution in [0.25, 0.3) is 0 Å². The van der Waals surface area contributed by atoms with Gasteiger partial charge in [-0.2, -0.15) is 0 Å². The lowest BCUT2D eigenvalue weighted by atomic mass is 10.1. The van der Waals surface area contributed by atoms with Crippen molar-refractivity contribution in [1.29, 1.82) is 0 Å². The van der Waals surface area contributed by atoms with Gasteiger partial charge < -0.3 is 15.2 Å². The Bertz CT molecular complexity index is 658. The molecule has 0 aliphatic rings. The maximum atomic E-state index is 11.9. The van der Waals surface area contributed by atoms with Gasteiger partial charge in [-0.1, -0.05) is 29.8 Å². The zero-order valence-electron chi connectivity index (χ0n) is 12.3. The highest BCUT2D eigenvalue weighted by Gasteiger charge is 2.06. The van der Waals surface area contributed by atoms with Crippen LogP contribution < -0.4 is 10.1 Å². The Labute approximate surface area is 134 Å². The quantitative estimate of drug-likeness (QED) is 0.856. The van der Waals surface area contributed by atoms with Crippen molar-refractivity contribution in [3.63, 3.8) is 0 Å². The van der Waals surface area contributed by atoms with E-state index in [0.29, 0.717) is 16.5 Å². The summed E-state index contributed by atoms with van der Waals surface area (Å²) in [4.78, 5) is 11.9. The first-order valence-electron chi connectivity index (χ1n) is 6.97. The van der Waals surface area contributed by atoms with E-state index in [4.69, 9.17) is 21.4 Å². The van der Waals surface area contributed by atoms with Gasteiger partial charge in [-0.05, 0) is 42.3 Å². The van der Waals surface area contributed by atoms with Gasteiger partial charge in [-0.25, -0.2) is 0 Å². The lowest BCUT2D eigenvalue weighted by molar-refractivity contribution is -0.116. The number of hydrogen-bond donors (Lipinski definition) is 2. The van der Waals surface area contributed by atoms with Gasteiger partial charge in [0.2, 0.25) is 5.91 Å². The molecule has 2 N–H and O–H groups in total. The number of amides is 1. The van der Waals surface area contributed by atoms with Crippen molar-refractivity contribution >= 4 is 23.2 Å². The van der Waals surface area contributed by atoms with Crippen molar-refractivity contribution in [2.24, 2.45) is 0 Å². The second-order valence-electron chi connectivity index (χ2n) is 4.91. The second-order valence-corrected chi connectivity index (χ2v) is 5.35. The van der Waals surface area contributed by atoms with E-state index in [1.54, 1.807) is 30.3 Å². The summed E-state index contributed by atoms with van der Waals surface area (Å²) in [6, 6.07) is 12.5. The predicted molar refractivity (Wildman–Crippen MR) is 87.3 cm³/mol. The number of aryl methyl sites for hydroxylation is 1. The van der Waals surface area contributed by atoms with E-state index in [1.165, 1.54) is 0 Å². The number of benzene rings is 2. The molecule has 0 atom stereocenters. The van der Waals surface area contributed by atoms with Crippen molar-refractivity contribution in [3.8, 4) is 5.75 Å². The van der Waals surface area contributed by atoms with E-state index in [0.717, 1.165) is 11.1 Å². The largest absolute Gasteiger partial charge is 0.493 e. The average Bonchev–Trinajstić information content (AvgIpc) is 2.49. The Morgan fingerprint density at radius 3 is 2.82 bits per heavy atom. The van der Waals surface area contributed by atoms with E-state index < -0.39 is 0 Å². The molecular formula is C17H18ClNO3. The van der Waals surface area contributed by atoms with Crippen LogP contribution in [0.5, 0.6) is 5.75 Å². The SMILES string of the molecule is Cc1ccc(CO)cc1NC(=O)CCOc1cccc(Cl)c1. The van der Waals surface area contributed by atoms with E-state index in [9.17, 15) is 4.79 Å². The molecule has 0 aliphatic carbocycles. The van der Waals surface area contributed by atoms with Crippen LogP contribution in [0.15, 0.2) is 42.5 Å². The second kappa shape index (κ2) is 7.82. The van der Waals surface area contributed by atoms with Gasteiger partial charge >= 0.3 is 0 Å². The molecule has 2 aromatic rings. The summed E-state index contributed by atoms with van der Waals surface area (Å²) < 4.78 is 5.49. The maximum Gasteiger partial charge on any atom is 0.227 e. The minimum atomic E-state index is -0.139. The third kappa shape index (κ3) is 4.76. The van der Waals surface area contributed by atoms with Crippen molar-refractivity contribution in [2.45, 2.75) is 20.0 Å². The summed E-state index contributed by atoms with van der Waals surface area (Å²) in [5, 5.41) is 12.6. The fraction of sp³-hybridized carbons (Fsp3) is 0.235. The standard InChI is InChI=1S/C17H18ClNO3/c1-12-5-6-13(11-20)9-16(12)19-17(21)7-8-22-15-4-2-3-14(18)10-15/h2-6,9-10,20H,7-8,11H2,1H3,(H,19,21). The molecule has 22 heavy (non-hydrogen) atoms. The smallest absolute Gasteiger partial charge is 0.227 e. The molecule has 0 aromatic heterocycles. The van der Waals surface area contributed by atoms with Crippen LogP contribution in [0.1, 0.15) is 17.5 Å². The number of rotatable bonds is 6. The molecule has 0 unspecified atom stereocenters. The number of carbonyl (C=O) groups excluding carboxylic acids is 1. The molecule has 0 heterocycles. The van der Waals surface area contributed by atoms with Crippen molar-refractivity contribution in [2.75, 3.05) is 11.9 Å². The van der Waals surface area contributed by atoms with Crippen LogP contribution in [-0.4, -0.2) is 17.6 Å². The highest BCUT2D eigenvalue weighted by molar-refractivity contribution is 6.30. The molecule has 4 nitrogen and oxygen atoms in total.